The number of hydrogen-bond donors (Lipinski definition) is 0. The first-order valence-electron chi connectivity index (χ1n) is 5.76. The van der Waals surface area contributed by atoms with Crippen LogP contribution in [0.4, 0.5) is 13.2 Å². The van der Waals surface area contributed by atoms with Gasteiger partial charge in [-0.3, -0.25) is 0 Å². The smallest absolute Gasteiger partial charge is 0.489 e. The van der Waals surface area contributed by atoms with Crippen LogP contribution in [0.15, 0.2) is 46.9 Å². The second-order valence-electron chi connectivity index (χ2n) is 4.02. The monoisotopic (exact) mass is 380 g/mol. The normalized spacial score (nSPS) is 11.3. The van der Waals surface area contributed by atoms with Gasteiger partial charge in [0, 0.05) is 10.6 Å². The average molecular weight is 382 g/mol. The highest BCUT2D eigenvalue weighted by Gasteiger charge is 2.31. The molecule has 0 aliphatic rings. The van der Waals surface area contributed by atoms with Crippen molar-refractivity contribution in [3.05, 3.63) is 57.5 Å². The van der Waals surface area contributed by atoms with E-state index in [2.05, 4.69) is 20.7 Å². The van der Waals surface area contributed by atoms with Crippen LogP contribution in [0, 0.1) is 0 Å². The molecule has 0 aliphatic carbocycles. The quantitative estimate of drug-likeness (QED) is 0.688. The Morgan fingerprint density at radius 3 is 2.43 bits per heavy atom. The van der Waals surface area contributed by atoms with Crippen molar-refractivity contribution in [1.29, 1.82) is 0 Å². The molecule has 0 unspecified atom stereocenters. The number of halogens is 5. The van der Waals surface area contributed by atoms with Crippen LogP contribution >= 0.6 is 27.5 Å². The molecule has 2 rings (SSSR count). The van der Waals surface area contributed by atoms with Crippen molar-refractivity contribution in [1.82, 2.24) is 0 Å². The third-order valence-corrected chi connectivity index (χ3v) is 3.47. The van der Waals surface area contributed by atoms with E-state index in [-0.39, 0.29) is 16.8 Å². The van der Waals surface area contributed by atoms with Gasteiger partial charge in [-0.05, 0) is 40.2 Å². The molecule has 21 heavy (non-hydrogen) atoms. The fraction of sp³-hybridized carbons (Fsp3) is 0.143. The van der Waals surface area contributed by atoms with E-state index in [0.717, 1.165) is 5.56 Å². The standard InChI is InChI=1S/C14H9BrClF3O2/c15-11-7-10(5-6-13(11)21-14(17,18)19)20-8-9-3-1-2-4-12(9)16/h1-7H,8H2. The van der Waals surface area contributed by atoms with Crippen LogP contribution in [-0.2, 0) is 6.61 Å². The summed E-state index contributed by atoms with van der Waals surface area (Å²) in [5, 5.41) is 0.564. The van der Waals surface area contributed by atoms with E-state index in [1.807, 2.05) is 6.07 Å². The lowest BCUT2D eigenvalue weighted by molar-refractivity contribution is -0.274. The molecule has 0 spiro atoms. The van der Waals surface area contributed by atoms with Crippen LogP contribution in [0.5, 0.6) is 11.5 Å². The summed E-state index contributed by atoms with van der Waals surface area (Å²) in [6.45, 7) is 0.214. The van der Waals surface area contributed by atoms with Crippen LogP contribution in [0.2, 0.25) is 5.02 Å². The van der Waals surface area contributed by atoms with Crippen LogP contribution in [0.25, 0.3) is 0 Å². The largest absolute Gasteiger partial charge is 0.573 e. The summed E-state index contributed by atoms with van der Waals surface area (Å²) in [6, 6.07) is 11.1. The highest BCUT2D eigenvalue weighted by atomic mass is 79.9. The molecule has 0 fully saturated rings. The van der Waals surface area contributed by atoms with Crippen LogP contribution < -0.4 is 9.47 Å². The zero-order valence-corrected chi connectivity index (χ0v) is 12.8. The fourth-order valence-electron chi connectivity index (χ4n) is 1.56. The lowest BCUT2D eigenvalue weighted by atomic mass is 10.2. The lowest BCUT2D eigenvalue weighted by Gasteiger charge is -2.12. The van der Waals surface area contributed by atoms with Gasteiger partial charge >= 0.3 is 6.36 Å². The number of alkyl halides is 3. The van der Waals surface area contributed by atoms with Crippen molar-refractivity contribution in [2.24, 2.45) is 0 Å². The Labute approximate surface area is 132 Å². The zero-order chi connectivity index (χ0) is 15.5. The third kappa shape index (κ3) is 4.82. The van der Waals surface area contributed by atoms with E-state index in [4.69, 9.17) is 16.3 Å². The summed E-state index contributed by atoms with van der Waals surface area (Å²) in [5.41, 5.74) is 0.783. The minimum absolute atomic E-state index is 0.150. The Balaban J connectivity index is 2.05. The van der Waals surface area contributed by atoms with Gasteiger partial charge in [0.1, 0.15) is 18.1 Å². The maximum Gasteiger partial charge on any atom is 0.573 e. The number of hydrogen-bond acceptors (Lipinski definition) is 2. The second kappa shape index (κ2) is 6.58. The van der Waals surface area contributed by atoms with Crippen LogP contribution in [-0.4, -0.2) is 6.36 Å². The Kier molecular flexibility index (Phi) is 5.00. The molecule has 0 aromatic heterocycles. The van der Waals surface area contributed by atoms with Gasteiger partial charge in [-0.1, -0.05) is 29.8 Å². The third-order valence-electron chi connectivity index (χ3n) is 2.48. The first-order valence-corrected chi connectivity index (χ1v) is 6.94. The summed E-state index contributed by atoms with van der Waals surface area (Å²) in [6.07, 6.45) is -4.73. The van der Waals surface area contributed by atoms with Gasteiger partial charge in [0.05, 0.1) is 4.47 Å². The molecular weight excluding hydrogens is 373 g/mol. The van der Waals surface area contributed by atoms with Gasteiger partial charge in [0.2, 0.25) is 0 Å². The van der Waals surface area contributed by atoms with E-state index in [0.29, 0.717) is 10.8 Å². The summed E-state index contributed by atoms with van der Waals surface area (Å²) in [5.74, 6) is 0.0731. The Bertz CT molecular complexity index is 632. The van der Waals surface area contributed by atoms with E-state index < -0.39 is 6.36 Å². The van der Waals surface area contributed by atoms with E-state index >= 15 is 0 Å². The molecule has 0 saturated carbocycles. The highest BCUT2D eigenvalue weighted by molar-refractivity contribution is 9.10. The predicted octanol–water partition coefficient (Wildman–Crippen LogP) is 5.58. The molecule has 0 saturated heterocycles. The molecule has 0 atom stereocenters. The topological polar surface area (TPSA) is 18.5 Å². The van der Waals surface area contributed by atoms with Crippen molar-refractivity contribution in [2.75, 3.05) is 0 Å². The molecule has 7 heteroatoms. The van der Waals surface area contributed by atoms with Gasteiger partial charge in [-0.25, -0.2) is 0 Å². The molecule has 2 aromatic carbocycles. The maximum atomic E-state index is 12.1. The van der Waals surface area contributed by atoms with Crippen molar-refractivity contribution < 1.29 is 22.6 Å². The molecule has 0 radical (unpaired) electrons. The molecule has 0 amide bonds. The zero-order valence-electron chi connectivity index (χ0n) is 10.5. The summed E-state index contributed by atoms with van der Waals surface area (Å²) in [4.78, 5) is 0. The van der Waals surface area contributed by atoms with Crippen LogP contribution in [0.3, 0.4) is 0 Å². The Morgan fingerprint density at radius 2 is 1.81 bits per heavy atom. The molecule has 2 aromatic rings. The van der Waals surface area contributed by atoms with Crippen molar-refractivity contribution in [2.45, 2.75) is 13.0 Å². The molecule has 112 valence electrons. The average Bonchev–Trinajstić information content (AvgIpc) is 2.39. The summed E-state index contributed by atoms with van der Waals surface area (Å²) < 4.78 is 45.9. The van der Waals surface area contributed by atoms with Crippen molar-refractivity contribution in [3.8, 4) is 11.5 Å². The molecule has 0 bridgehead atoms. The Hall–Kier alpha value is -1.40. The summed E-state index contributed by atoms with van der Waals surface area (Å²) >= 11 is 8.99. The molecule has 2 nitrogen and oxygen atoms in total. The highest BCUT2D eigenvalue weighted by Crippen LogP contribution is 2.33. The fourth-order valence-corrected chi connectivity index (χ4v) is 2.18. The number of ether oxygens (including phenoxy) is 2. The molecular formula is C14H9BrClF3O2. The summed E-state index contributed by atoms with van der Waals surface area (Å²) in [7, 11) is 0. The molecule has 0 heterocycles. The minimum atomic E-state index is -4.73. The van der Waals surface area contributed by atoms with Crippen LogP contribution in [0.1, 0.15) is 5.56 Å². The van der Waals surface area contributed by atoms with Gasteiger partial charge in [-0.2, -0.15) is 0 Å². The van der Waals surface area contributed by atoms with Gasteiger partial charge in [-0.15, -0.1) is 13.2 Å². The van der Waals surface area contributed by atoms with Crippen molar-refractivity contribution >= 4 is 27.5 Å². The Morgan fingerprint density at radius 1 is 1.10 bits per heavy atom. The number of rotatable bonds is 4. The van der Waals surface area contributed by atoms with Gasteiger partial charge < -0.3 is 9.47 Å². The molecule has 0 N–H and O–H groups in total. The van der Waals surface area contributed by atoms with E-state index in [9.17, 15) is 13.2 Å². The minimum Gasteiger partial charge on any atom is -0.489 e. The maximum absolute atomic E-state index is 12.1. The predicted molar refractivity (Wildman–Crippen MR) is 76.6 cm³/mol. The van der Waals surface area contributed by atoms with Crippen molar-refractivity contribution in [3.63, 3.8) is 0 Å². The SMILES string of the molecule is FC(F)(F)Oc1ccc(OCc2ccccc2Cl)cc1Br. The number of benzene rings is 2. The first kappa shape index (κ1) is 16.0. The second-order valence-corrected chi connectivity index (χ2v) is 5.28. The molecule has 0 aliphatic heterocycles. The van der Waals surface area contributed by atoms with E-state index in [1.54, 1.807) is 18.2 Å². The first-order chi connectivity index (χ1) is 9.85. The lowest BCUT2D eigenvalue weighted by Crippen LogP contribution is -2.17. The van der Waals surface area contributed by atoms with E-state index in [1.165, 1.54) is 18.2 Å². The van der Waals surface area contributed by atoms with Gasteiger partial charge in [0.15, 0.2) is 0 Å². The van der Waals surface area contributed by atoms with Gasteiger partial charge in [0.25, 0.3) is 0 Å².